The van der Waals surface area contributed by atoms with Gasteiger partial charge in [-0.25, -0.2) is 4.79 Å². The lowest BCUT2D eigenvalue weighted by Gasteiger charge is -2.34. The fraction of sp³-hybridized carbons (Fsp3) is 0.846. The zero-order valence-electron chi connectivity index (χ0n) is 12.9. The van der Waals surface area contributed by atoms with Crippen LogP contribution in [0.3, 0.4) is 0 Å². The van der Waals surface area contributed by atoms with E-state index in [1.165, 1.54) is 6.92 Å². The topological polar surface area (TPSA) is 102 Å². The van der Waals surface area contributed by atoms with Gasteiger partial charge in [0.1, 0.15) is 0 Å². The Kier molecular flexibility index (Phi) is 8.38. The Labute approximate surface area is 129 Å². The van der Waals surface area contributed by atoms with Gasteiger partial charge in [-0.2, -0.15) is 0 Å². The van der Waals surface area contributed by atoms with E-state index < -0.39 is 16.8 Å². The lowest BCUT2D eigenvalue weighted by Crippen LogP contribution is -2.47. The first-order chi connectivity index (χ1) is 10.5. The maximum atomic E-state index is 11.0. The molecular formula is C13H23N3O6. The predicted molar refractivity (Wildman–Crippen MR) is 76.7 cm³/mol. The largest absolute Gasteiger partial charge is 0.460 e. The quantitative estimate of drug-likeness (QED) is 0.178. The van der Waals surface area contributed by atoms with Gasteiger partial charge in [0.05, 0.1) is 13.2 Å². The standard InChI is InChI=1S/C13H23N3O6/c1-12(17)13(18)21-10-2-4-14-6-8-15(9-7-14)5-3-11-22-16(19)20/h2-11H2,1H3. The molecule has 0 spiro atoms. The van der Waals surface area contributed by atoms with E-state index in [1.54, 1.807) is 0 Å². The van der Waals surface area contributed by atoms with Crippen LogP contribution in [0.25, 0.3) is 0 Å². The second kappa shape index (κ2) is 10.1. The number of esters is 1. The summed E-state index contributed by atoms with van der Waals surface area (Å²) in [4.78, 5) is 40.4. The molecule has 0 aromatic rings. The first kappa shape index (κ1) is 18.3. The first-order valence-electron chi connectivity index (χ1n) is 7.38. The molecule has 0 bridgehead atoms. The molecule has 0 saturated carbocycles. The van der Waals surface area contributed by atoms with Crippen molar-refractivity contribution < 1.29 is 24.3 Å². The van der Waals surface area contributed by atoms with E-state index in [0.29, 0.717) is 12.8 Å². The van der Waals surface area contributed by atoms with E-state index in [2.05, 4.69) is 14.6 Å². The molecule has 0 N–H and O–H groups in total. The molecule has 0 atom stereocenters. The van der Waals surface area contributed by atoms with E-state index in [1.807, 2.05) is 0 Å². The molecule has 126 valence electrons. The second-order valence-corrected chi connectivity index (χ2v) is 5.14. The predicted octanol–water partition coefficient (Wildman–Crippen LogP) is -0.275. The van der Waals surface area contributed by atoms with Crippen LogP contribution in [-0.2, 0) is 19.2 Å². The third-order valence-corrected chi connectivity index (χ3v) is 3.42. The van der Waals surface area contributed by atoms with Crippen LogP contribution in [0.2, 0.25) is 0 Å². The normalized spacial score (nSPS) is 16.2. The zero-order chi connectivity index (χ0) is 16.4. The minimum Gasteiger partial charge on any atom is -0.460 e. The maximum Gasteiger partial charge on any atom is 0.374 e. The molecule has 9 heteroatoms. The summed E-state index contributed by atoms with van der Waals surface area (Å²) in [5.74, 6) is -1.35. The Bertz CT molecular complexity index is 382. The van der Waals surface area contributed by atoms with E-state index in [9.17, 15) is 19.7 Å². The van der Waals surface area contributed by atoms with Crippen molar-refractivity contribution in [3.8, 4) is 0 Å². The van der Waals surface area contributed by atoms with Gasteiger partial charge in [-0.3, -0.25) is 4.79 Å². The van der Waals surface area contributed by atoms with Crippen LogP contribution in [0.15, 0.2) is 0 Å². The molecule has 9 nitrogen and oxygen atoms in total. The van der Waals surface area contributed by atoms with Crippen LogP contribution in [-0.4, -0.2) is 79.1 Å². The highest BCUT2D eigenvalue weighted by atomic mass is 16.9. The summed E-state index contributed by atoms with van der Waals surface area (Å²) in [5, 5.41) is 9.24. The van der Waals surface area contributed by atoms with Gasteiger partial charge in [0.2, 0.25) is 5.78 Å². The molecule has 1 aliphatic rings. The van der Waals surface area contributed by atoms with Gasteiger partial charge >= 0.3 is 5.97 Å². The van der Waals surface area contributed by atoms with Crippen molar-refractivity contribution in [3.05, 3.63) is 10.1 Å². The lowest BCUT2D eigenvalue weighted by atomic mass is 10.2. The third kappa shape index (κ3) is 7.89. The molecule has 0 aromatic heterocycles. The van der Waals surface area contributed by atoms with E-state index in [0.717, 1.165) is 39.3 Å². The average Bonchev–Trinajstić information content (AvgIpc) is 2.49. The number of Topliss-reactive ketones (excluding diaryl/α,β-unsaturated/α-hetero) is 1. The molecule has 1 fully saturated rings. The number of hydrogen-bond donors (Lipinski definition) is 0. The molecule has 0 radical (unpaired) electrons. The summed E-state index contributed by atoms with van der Waals surface area (Å²) >= 11 is 0. The van der Waals surface area contributed by atoms with Crippen molar-refractivity contribution in [2.75, 3.05) is 52.5 Å². The van der Waals surface area contributed by atoms with Gasteiger partial charge in [-0.1, -0.05) is 0 Å². The minimum atomic E-state index is -0.776. The van der Waals surface area contributed by atoms with Gasteiger partial charge in [0, 0.05) is 46.2 Å². The molecule has 0 unspecified atom stereocenters. The fourth-order valence-corrected chi connectivity index (χ4v) is 2.22. The molecule has 22 heavy (non-hydrogen) atoms. The van der Waals surface area contributed by atoms with E-state index >= 15 is 0 Å². The van der Waals surface area contributed by atoms with Crippen molar-refractivity contribution in [2.24, 2.45) is 0 Å². The Morgan fingerprint density at radius 1 is 1.05 bits per heavy atom. The van der Waals surface area contributed by atoms with Gasteiger partial charge < -0.3 is 19.4 Å². The number of rotatable bonds is 10. The van der Waals surface area contributed by atoms with Crippen molar-refractivity contribution in [1.29, 1.82) is 0 Å². The number of hydrogen-bond acceptors (Lipinski definition) is 8. The average molecular weight is 317 g/mol. The van der Waals surface area contributed by atoms with Crippen molar-refractivity contribution in [3.63, 3.8) is 0 Å². The maximum absolute atomic E-state index is 11.0. The highest BCUT2D eigenvalue weighted by Gasteiger charge is 2.16. The summed E-state index contributed by atoms with van der Waals surface area (Å²) in [6, 6.07) is 0. The fourth-order valence-electron chi connectivity index (χ4n) is 2.22. The van der Waals surface area contributed by atoms with Gasteiger partial charge in [-0.15, -0.1) is 10.1 Å². The van der Waals surface area contributed by atoms with Crippen LogP contribution in [0.4, 0.5) is 0 Å². The van der Waals surface area contributed by atoms with Crippen LogP contribution < -0.4 is 0 Å². The van der Waals surface area contributed by atoms with Crippen LogP contribution in [0.5, 0.6) is 0 Å². The van der Waals surface area contributed by atoms with Gasteiger partial charge in [0.25, 0.3) is 5.09 Å². The number of carbonyl (C=O) groups excluding carboxylic acids is 2. The Morgan fingerprint density at radius 3 is 2.00 bits per heavy atom. The minimum absolute atomic E-state index is 0.134. The van der Waals surface area contributed by atoms with Crippen molar-refractivity contribution >= 4 is 11.8 Å². The SMILES string of the molecule is CC(=O)C(=O)OCCCN1CCN(CCCO[N+](=O)[O-])CC1. The summed E-state index contributed by atoms with van der Waals surface area (Å²) in [6.07, 6.45) is 1.34. The van der Waals surface area contributed by atoms with Crippen LogP contribution >= 0.6 is 0 Å². The third-order valence-electron chi connectivity index (χ3n) is 3.42. The molecule has 1 saturated heterocycles. The van der Waals surface area contributed by atoms with Crippen molar-refractivity contribution in [2.45, 2.75) is 19.8 Å². The summed E-state index contributed by atoms with van der Waals surface area (Å²) < 4.78 is 4.81. The first-order valence-corrected chi connectivity index (χ1v) is 7.38. The molecule has 1 rings (SSSR count). The van der Waals surface area contributed by atoms with E-state index in [-0.39, 0.29) is 13.2 Å². The molecule has 0 amide bonds. The van der Waals surface area contributed by atoms with Gasteiger partial charge in [0.15, 0.2) is 0 Å². The molecule has 1 aliphatic heterocycles. The summed E-state index contributed by atoms with van der Waals surface area (Å²) in [5.41, 5.74) is 0. The monoisotopic (exact) mass is 317 g/mol. The Balaban J connectivity index is 2.01. The van der Waals surface area contributed by atoms with Crippen LogP contribution in [0.1, 0.15) is 19.8 Å². The number of piperazine rings is 1. The molecule has 0 aliphatic carbocycles. The Hall–Kier alpha value is -1.74. The number of ether oxygens (including phenoxy) is 1. The number of nitrogens with zero attached hydrogens (tertiary/aromatic N) is 3. The molecular weight excluding hydrogens is 294 g/mol. The number of ketones is 1. The molecule has 0 aromatic carbocycles. The highest BCUT2D eigenvalue weighted by molar-refractivity contribution is 6.32. The zero-order valence-corrected chi connectivity index (χ0v) is 12.9. The highest BCUT2D eigenvalue weighted by Crippen LogP contribution is 2.03. The lowest BCUT2D eigenvalue weighted by molar-refractivity contribution is -0.757. The number of carbonyl (C=O) groups is 2. The molecule has 1 heterocycles. The van der Waals surface area contributed by atoms with Crippen LogP contribution in [0, 0.1) is 10.1 Å². The second-order valence-electron chi connectivity index (χ2n) is 5.14. The smallest absolute Gasteiger partial charge is 0.374 e. The summed E-state index contributed by atoms with van der Waals surface area (Å²) in [6.45, 7) is 6.84. The van der Waals surface area contributed by atoms with E-state index in [4.69, 9.17) is 4.74 Å². The van der Waals surface area contributed by atoms with Crippen molar-refractivity contribution in [1.82, 2.24) is 9.80 Å². The van der Waals surface area contributed by atoms with Gasteiger partial charge in [-0.05, 0) is 12.8 Å². The Morgan fingerprint density at radius 2 is 1.55 bits per heavy atom. The summed E-state index contributed by atoms with van der Waals surface area (Å²) in [7, 11) is 0.